The standard InChI is InChI=1S/C18H22N2O2/c1-22-16-8-7-14-10-13(5-6-15(14)11-16)12-20-18(21)17-4-2-3-9-19-17/h5-8,10-11,17,19H,2-4,9,12H2,1H3,(H,20,21). The summed E-state index contributed by atoms with van der Waals surface area (Å²) >= 11 is 0. The third kappa shape index (κ3) is 3.39. The minimum atomic E-state index is -0.0292. The number of rotatable bonds is 4. The van der Waals surface area contributed by atoms with E-state index in [4.69, 9.17) is 4.74 Å². The van der Waals surface area contributed by atoms with E-state index >= 15 is 0 Å². The van der Waals surface area contributed by atoms with Crippen LogP contribution in [0.2, 0.25) is 0 Å². The molecule has 1 amide bonds. The van der Waals surface area contributed by atoms with Gasteiger partial charge in [-0.05, 0) is 53.9 Å². The van der Waals surface area contributed by atoms with Crippen molar-refractivity contribution in [2.45, 2.75) is 31.8 Å². The van der Waals surface area contributed by atoms with Crippen LogP contribution < -0.4 is 15.4 Å². The maximum absolute atomic E-state index is 12.1. The Hall–Kier alpha value is -2.07. The summed E-state index contributed by atoms with van der Waals surface area (Å²) in [5.41, 5.74) is 1.11. The SMILES string of the molecule is COc1ccc2cc(CNC(=O)C3CCCCN3)ccc2c1. The second kappa shape index (κ2) is 6.79. The summed E-state index contributed by atoms with van der Waals surface area (Å²) in [6, 6.07) is 12.2. The summed E-state index contributed by atoms with van der Waals surface area (Å²) < 4.78 is 5.23. The largest absolute Gasteiger partial charge is 0.497 e. The third-order valence-electron chi connectivity index (χ3n) is 4.21. The maximum atomic E-state index is 12.1. The van der Waals surface area contributed by atoms with Crippen molar-refractivity contribution in [2.24, 2.45) is 0 Å². The van der Waals surface area contributed by atoms with Crippen LogP contribution in [0.15, 0.2) is 36.4 Å². The van der Waals surface area contributed by atoms with E-state index in [0.717, 1.165) is 47.9 Å². The summed E-state index contributed by atoms with van der Waals surface area (Å²) in [6.07, 6.45) is 3.23. The van der Waals surface area contributed by atoms with Gasteiger partial charge in [0.2, 0.25) is 5.91 Å². The second-order valence-corrected chi connectivity index (χ2v) is 5.77. The highest BCUT2D eigenvalue weighted by molar-refractivity contribution is 5.85. The molecule has 4 nitrogen and oxygen atoms in total. The molecule has 0 saturated carbocycles. The number of nitrogens with one attached hydrogen (secondary N) is 2. The number of carbonyl (C=O) groups is 1. The number of piperidine rings is 1. The zero-order valence-electron chi connectivity index (χ0n) is 12.9. The summed E-state index contributed by atoms with van der Waals surface area (Å²) in [5, 5.41) is 8.60. The van der Waals surface area contributed by atoms with Gasteiger partial charge in [0.15, 0.2) is 0 Å². The second-order valence-electron chi connectivity index (χ2n) is 5.77. The molecule has 2 aromatic rings. The van der Waals surface area contributed by atoms with Crippen molar-refractivity contribution < 1.29 is 9.53 Å². The van der Waals surface area contributed by atoms with Crippen molar-refractivity contribution in [3.63, 3.8) is 0 Å². The van der Waals surface area contributed by atoms with Gasteiger partial charge in [0.1, 0.15) is 5.75 Å². The minimum Gasteiger partial charge on any atom is -0.497 e. The molecule has 1 unspecified atom stereocenters. The maximum Gasteiger partial charge on any atom is 0.237 e. The van der Waals surface area contributed by atoms with Crippen LogP contribution in [0.1, 0.15) is 24.8 Å². The lowest BCUT2D eigenvalue weighted by molar-refractivity contribution is -0.123. The molecule has 0 aromatic heterocycles. The molecule has 0 bridgehead atoms. The Morgan fingerprint density at radius 1 is 1.23 bits per heavy atom. The van der Waals surface area contributed by atoms with E-state index < -0.39 is 0 Å². The Kier molecular flexibility index (Phi) is 4.59. The lowest BCUT2D eigenvalue weighted by Crippen LogP contribution is -2.46. The lowest BCUT2D eigenvalue weighted by Gasteiger charge is -2.22. The van der Waals surface area contributed by atoms with Crippen LogP contribution >= 0.6 is 0 Å². The smallest absolute Gasteiger partial charge is 0.237 e. The summed E-state index contributed by atoms with van der Waals surface area (Å²) in [5.74, 6) is 0.964. The first kappa shape index (κ1) is 14.9. The Bertz CT molecular complexity index is 663. The van der Waals surface area contributed by atoms with E-state index in [0.29, 0.717) is 6.54 Å². The fourth-order valence-electron chi connectivity index (χ4n) is 2.90. The molecule has 2 N–H and O–H groups in total. The molecule has 1 aliphatic heterocycles. The van der Waals surface area contributed by atoms with E-state index in [1.165, 1.54) is 0 Å². The monoisotopic (exact) mass is 298 g/mol. The topological polar surface area (TPSA) is 50.4 Å². The van der Waals surface area contributed by atoms with Crippen LogP contribution in [0.5, 0.6) is 5.75 Å². The molecule has 1 heterocycles. The van der Waals surface area contributed by atoms with E-state index in [1.807, 2.05) is 18.2 Å². The number of benzene rings is 2. The summed E-state index contributed by atoms with van der Waals surface area (Å²) in [7, 11) is 1.67. The number of ether oxygens (including phenoxy) is 1. The van der Waals surface area contributed by atoms with Gasteiger partial charge in [0, 0.05) is 6.54 Å². The van der Waals surface area contributed by atoms with Crippen molar-refractivity contribution in [3.8, 4) is 5.75 Å². The van der Waals surface area contributed by atoms with Crippen molar-refractivity contribution in [1.82, 2.24) is 10.6 Å². The van der Waals surface area contributed by atoms with Gasteiger partial charge in [-0.1, -0.05) is 24.6 Å². The van der Waals surface area contributed by atoms with Gasteiger partial charge in [-0.3, -0.25) is 4.79 Å². The van der Waals surface area contributed by atoms with Crippen molar-refractivity contribution >= 4 is 16.7 Å². The zero-order chi connectivity index (χ0) is 15.4. The van der Waals surface area contributed by atoms with Crippen molar-refractivity contribution in [3.05, 3.63) is 42.0 Å². The van der Waals surface area contributed by atoms with Gasteiger partial charge in [0.25, 0.3) is 0 Å². The van der Waals surface area contributed by atoms with Crippen LogP contribution in [-0.2, 0) is 11.3 Å². The number of amides is 1. The molecule has 0 spiro atoms. The fraction of sp³-hybridized carbons (Fsp3) is 0.389. The van der Waals surface area contributed by atoms with Crippen LogP contribution in [0, 0.1) is 0 Å². The Balaban J connectivity index is 1.65. The predicted molar refractivity (Wildman–Crippen MR) is 88.0 cm³/mol. The predicted octanol–water partition coefficient (Wildman–Crippen LogP) is 2.61. The highest BCUT2D eigenvalue weighted by Crippen LogP contribution is 2.21. The molecule has 1 atom stereocenters. The van der Waals surface area contributed by atoms with Crippen molar-refractivity contribution in [1.29, 1.82) is 0 Å². The van der Waals surface area contributed by atoms with Gasteiger partial charge in [-0.25, -0.2) is 0 Å². The number of methoxy groups -OCH3 is 1. The molecule has 4 heteroatoms. The summed E-state index contributed by atoms with van der Waals surface area (Å²) in [4.78, 5) is 12.1. The van der Waals surface area contributed by atoms with Crippen molar-refractivity contribution in [2.75, 3.05) is 13.7 Å². The Morgan fingerprint density at radius 3 is 2.82 bits per heavy atom. The molecular formula is C18H22N2O2. The van der Waals surface area contributed by atoms with Gasteiger partial charge in [0.05, 0.1) is 13.2 Å². The molecule has 0 aliphatic carbocycles. The van der Waals surface area contributed by atoms with Crippen LogP contribution in [0.4, 0.5) is 0 Å². The molecule has 22 heavy (non-hydrogen) atoms. The quantitative estimate of drug-likeness (QED) is 0.912. The van der Waals surface area contributed by atoms with E-state index in [1.54, 1.807) is 7.11 Å². The van der Waals surface area contributed by atoms with Gasteiger partial charge >= 0.3 is 0 Å². The van der Waals surface area contributed by atoms with E-state index in [-0.39, 0.29) is 11.9 Å². The molecule has 0 radical (unpaired) electrons. The average Bonchev–Trinajstić information content (AvgIpc) is 2.59. The fourth-order valence-corrected chi connectivity index (χ4v) is 2.90. The molecule has 1 saturated heterocycles. The van der Waals surface area contributed by atoms with Gasteiger partial charge < -0.3 is 15.4 Å². The first-order valence-electron chi connectivity index (χ1n) is 7.84. The summed E-state index contributed by atoms with van der Waals surface area (Å²) in [6.45, 7) is 1.51. The van der Waals surface area contributed by atoms with Gasteiger partial charge in [-0.15, -0.1) is 0 Å². The third-order valence-corrected chi connectivity index (χ3v) is 4.21. The van der Waals surface area contributed by atoms with Crippen LogP contribution in [0.3, 0.4) is 0 Å². The average molecular weight is 298 g/mol. The van der Waals surface area contributed by atoms with Crippen LogP contribution in [-0.4, -0.2) is 25.6 Å². The highest BCUT2D eigenvalue weighted by Gasteiger charge is 2.19. The first-order chi connectivity index (χ1) is 10.8. The number of fused-ring (bicyclic) bond motifs is 1. The number of carbonyl (C=O) groups excluding carboxylic acids is 1. The lowest BCUT2D eigenvalue weighted by atomic mass is 10.0. The molecule has 3 rings (SSSR count). The van der Waals surface area contributed by atoms with E-state index in [9.17, 15) is 4.79 Å². The Labute approximate surface area is 130 Å². The van der Waals surface area contributed by atoms with Crippen LogP contribution in [0.25, 0.3) is 10.8 Å². The highest BCUT2D eigenvalue weighted by atomic mass is 16.5. The first-order valence-corrected chi connectivity index (χ1v) is 7.84. The molecule has 2 aromatic carbocycles. The number of hydrogen-bond donors (Lipinski definition) is 2. The number of hydrogen-bond acceptors (Lipinski definition) is 3. The normalized spacial score (nSPS) is 18.1. The molecule has 116 valence electrons. The Morgan fingerprint density at radius 2 is 2.05 bits per heavy atom. The van der Waals surface area contributed by atoms with E-state index in [2.05, 4.69) is 28.8 Å². The zero-order valence-corrected chi connectivity index (χ0v) is 12.9. The molecule has 1 aliphatic rings. The molecular weight excluding hydrogens is 276 g/mol. The minimum absolute atomic E-state index is 0.0292. The van der Waals surface area contributed by atoms with Gasteiger partial charge in [-0.2, -0.15) is 0 Å². The molecule has 1 fully saturated rings.